The molecule has 1 aliphatic carbocycles. The quantitative estimate of drug-likeness (QED) is 0.625. The van der Waals surface area contributed by atoms with E-state index >= 15 is 0 Å². The van der Waals surface area contributed by atoms with Crippen LogP contribution in [0, 0.1) is 5.92 Å². The Balaban J connectivity index is 1.89. The zero-order valence-corrected chi connectivity index (χ0v) is 12.7. The number of hydrogen-bond donors (Lipinski definition) is 1. The zero-order valence-electron chi connectivity index (χ0n) is 11.2. The van der Waals surface area contributed by atoms with Crippen LogP contribution >= 0.6 is 15.9 Å². The van der Waals surface area contributed by atoms with Gasteiger partial charge in [-0.25, -0.2) is 4.98 Å². The number of aromatic nitrogens is 1. The first-order valence-corrected chi connectivity index (χ1v) is 7.96. The molecule has 0 aliphatic heterocycles. The third kappa shape index (κ3) is 3.98. The van der Waals surface area contributed by atoms with Crippen LogP contribution in [0.2, 0.25) is 0 Å². The van der Waals surface area contributed by atoms with Gasteiger partial charge >= 0.3 is 0 Å². The van der Waals surface area contributed by atoms with Crippen molar-refractivity contribution in [3.05, 3.63) is 22.9 Å². The number of anilines is 1. The van der Waals surface area contributed by atoms with Gasteiger partial charge in [-0.2, -0.15) is 0 Å². The second kappa shape index (κ2) is 7.13. The van der Waals surface area contributed by atoms with Crippen molar-refractivity contribution < 1.29 is 0 Å². The maximum Gasteiger partial charge on any atom is 0.129 e. The van der Waals surface area contributed by atoms with Gasteiger partial charge in [0.1, 0.15) is 4.60 Å². The predicted molar refractivity (Wildman–Crippen MR) is 80.8 cm³/mol. The van der Waals surface area contributed by atoms with E-state index in [1.54, 1.807) is 0 Å². The normalized spacial score (nSPS) is 24.6. The highest BCUT2D eigenvalue weighted by molar-refractivity contribution is 9.10. The van der Waals surface area contributed by atoms with Gasteiger partial charge in [-0.15, -0.1) is 0 Å². The molecule has 1 heterocycles. The first kappa shape index (κ1) is 13.9. The molecule has 1 aromatic rings. The Hall–Kier alpha value is -0.570. The first-order valence-electron chi connectivity index (χ1n) is 7.16. The third-order valence-corrected chi connectivity index (χ3v) is 4.54. The van der Waals surface area contributed by atoms with Crippen molar-refractivity contribution >= 4 is 21.6 Å². The molecule has 100 valence electrons. The second-order valence-corrected chi connectivity index (χ2v) is 6.10. The molecule has 0 aromatic carbocycles. The molecule has 2 nitrogen and oxygen atoms in total. The Morgan fingerprint density at radius 3 is 3.00 bits per heavy atom. The van der Waals surface area contributed by atoms with E-state index in [1.807, 2.05) is 12.3 Å². The van der Waals surface area contributed by atoms with Gasteiger partial charge in [0.05, 0.1) is 5.69 Å². The van der Waals surface area contributed by atoms with Gasteiger partial charge < -0.3 is 5.32 Å². The molecule has 2 atom stereocenters. The molecule has 2 rings (SSSR count). The van der Waals surface area contributed by atoms with Gasteiger partial charge in [0.2, 0.25) is 0 Å². The van der Waals surface area contributed by atoms with Crippen LogP contribution < -0.4 is 5.32 Å². The summed E-state index contributed by atoms with van der Waals surface area (Å²) in [7, 11) is 0. The Morgan fingerprint density at radius 2 is 2.22 bits per heavy atom. The second-order valence-electron chi connectivity index (χ2n) is 5.35. The maximum atomic E-state index is 4.27. The molecule has 1 aromatic heterocycles. The predicted octanol–water partition coefficient (Wildman–Crippen LogP) is 5.01. The lowest BCUT2D eigenvalue weighted by atomic mass is 9.95. The molecular weight excluding hydrogens is 288 g/mol. The van der Waals surface area contributed by atoms with Gasteiger partial charge in [0.25, 0.3) is 0 Å². The summed E-state index contributed by atoms with van der Waals surface area (Å²) in [6.07, 6.45) is 11.3. The van der Waals surface area contributed by atoms with Crippen molar-refractivity contribution in [1.82, 2.24) is 4.98 Å². The van der Waals surface area contributed by atoms with E-state index in [-0.39, 0.29) is 0 Å². The summed E-state index contributed by atoms with van der Waals surface area (Å²) in [6.45, 7) is 2.30. The summed E-state index contributed by atoms with van der Waals surface area (Å²) in [4.78, 5) is 4.27. The molecule has 0 saturated heterocycles. The van der Waals surface area contributed by atoms with E-state index < -0.39 is 0 Å². The van der Waals surface area contributed by atoms with Gasteiger partial charge in [-0.1, -0.05) is 32.6 Å². The number of halogens is 1. The molecule has 1 fully saturated rings. The molecule has 0 spiro atoms. The van der Waals surface area contributed by atoms with E-state index in [0.29, 0.717) is 6.04 Å². The van der Waals surface area contributed by atoms with E-state index in [1.165, 1.54) is 44.9 Å². The molecule has 18 heavy (non-hydrogen) atoms. The van der Waals surface area contributed by atoms with Crippen LogP contribution in [0.4, 0.5) is 5.69 Å². The average Bonchev–Trinajstić information content (AvgIpc) is 2.59. The fourth-order valence-corrected chi connectivity index (χ4v) is 3.30. The fraction of sp³-hybridized carbons (Fsp3) is 0.667. The average molecular weight is 311 g/mol. The lowest BCUT2D eigenvalue weighted by molar-refractivity contribution is 0.422. The molecule has 0 amide bonds. The van der Waals surface area contributed by atoms with Crippen LogP contribution in [0.25, 0.3) is 0 Å². The minimum atomic E-state index is 0.618. The minimum Gasteiger partial charge on any atom is -0.380 e. The van der Waals surface area contributed by atoms with Crippen molar-refractivity contribution in [2.45, 2.75) is 57.9 Å². The standard InChI is InChI=1S/C15H23BrN2/c1-2-5-12-6-3-7-13(10-9-12)18-14-8-4-11-17-15(14)16/h4,8,11-13,18H,2-3,5-7,9-10H2,1H3. The Morgan fingerprint density at radius 1 is 1.33 bits per heavy atom. The van der Waals surface area contributed by atoms with Crippen LogP contribution in [0.1, 0.15) is 51.9 Å². The van der Waals surface area contributed by atoms with Crippen molar-refractivity contribution in [3.8, 4) is 0 Å². The van der Waals surface area contributed by atoms with Crippen LogP contribution in [0.3, 0.4) is 0 Å². The Labute approximate surface area is 119 Å². The number of hydrogen-bond acceptors (Lipinski definition) is 2. The van der Waals surface area contributed by atoms with Gasteiger partial charge in [-0.05, 0) is 53.2 Å². The Kier molecular flexibility index (Phi) is 5.48. The molecular formula is C15H23BrN2. The summed E-state index contributed by atoms with van der Waals surface area (Å²) in [6, 6.07) is 4.71. The number of rotatable bonds is 4. The molecule has 1 N–H and O–H groups in total. The van der Waals surface area contributed by atoms with E-state index in [9.17, 15) is 0 Å². The van der Waals surface area contributed by atoms with Gasteiger partial charge in [0.15, 0.2) is 0 Å². The topological polar surface area (TPSA) is 24.9 Å². The zero-order chi connectivity index (χ0) is 12.8. The lowest BCUT2D eigenvalue weighted by Crippen LogP contribution is -2.18. The van der Waals surface area contributed by atoms with Crippen molar-refractivity contribution in [1.29, 1.82) is 0 Å². The van der Waals surface area contributed by atoms with Crippen molar-refractivity contribution in [2.75, 3.05) is 5.32 Å². The lowest BCUT2D eigenvalue weighted by Gasteiger charge is -2.18. The summed E-state index contributed by atoms with van der Waals surface area (Å²) in [5, 5.41) is 3.64. The summed E-state index contributed by atoms with van der Waals surface area (Å²) >= 11 is 3.51. The highest BCUT2D eigenvalue weighted by Gasteiger charge is 2.18. The van der Waals surface area contributed by atoms with E-state index in [2.05, 4.69) is 39.2 Å². The van der Waals surface area contributed by atoms with E-state index in [4.69, 9.17) is 0 Å². The summed E-state index contributed by atoms with van der Waals surface area (Å²) < 4.78 is 0.930. The van der Waals surface area contributed by atoms with Crippen LogP contribution in [0.5, 0.6) is 0 Å². The van der Waals surface area contributed by atoms with E-state index in [0.717, 1.165) is 16.2 Å². The monoisotopic (exact) mass is 310 g/mol. The highest BCUT2D eigenvalue weighted by Crippen LogP contribution is 2.29. The summed E-state index contributed by atoms with van der Waals surface area (Å²) in [5.41, 5.74) is 1.14. The molecule has 0 bridgehead atoms. The van der Waals surface area contributed by atoms with Crippen LogP contribution in [0.15, 0.2) is 22.9 Å². The van der Waals surface area contributed by atoms with Gasteiger partial charge in [0, 0.05) is 12.2 Å². The van der Waals surface area contributed by atoms with Crippen LogP contribution in [-0.2, 0) is 0 Å². The third-order valence-electron chi connectivity index (χ3n) is 3.90. The first-order chi connectivity index (χ1) is 8.79. The maximum absolute atomic E-state index is 4.27. The number of nitrogens with one attached hydrogen (secondary N) is 1. The molecule has 1 saturated carbocycles. The minimum absolute atomic E-state index is 0.618. The Bertz CT molecular complexity index is 367. The van der Waals surface area contributed by atoms with Crippen LogP contribution in [-0.4, -0.2) is 11.0 Å². The number of pyridine rings is 1. The highest BCUT2D eigenvalue weighted by atomic mass is 79.9. The fourth-order valence-electron chi connectivity index (χ4n) is 2.93. The smallest absolute Gasteiger partial charge is 0.129 e. The molecule has 1 aliphatic rings. The molecule has 2 unspecified atom stereocenters. The number of nitrogens with zero attached hydrogens (tertiary/aromatic N) is 1. The molecule has 0 radical (unpaired) electrons. The largest absolute Gasteiger partial charge is 0.380 e. The SMILES string of the molecule is CCCC1CCCC(Nc2cccnc2Br)CC1. The van der Waals surface area contributed by atoms with Crippen molar-refractivity contribution in [3.63, 3.8) is 0 Å². The molecule has 3 heteroatoms. The van der Waals surface area contributed by atoms with Crippen molar-refractivity contribution in [2.24, 2.45) is 5.92 Å². The van der Waals surface area contributed by atoms with Gasteiger partial charge in [-0.3, -0.25) is 0 Å². The summed E-state index contributed by atoms with van der Waals surface area (Å²) in [5.74, 6) is 0.958.